The van der Waals surface area contributed by atoms with Gasteiger partial charge in [0.1, 0.15) is 0 Å². The smallest absolute Gasteiger partial charge is 0.385 e. The molecule has 4 heteroatoms. The molecule has 0 atom stereocenters. The molecule has 2 aromatic rings. The van der Waals surface area contributed by atoms with Crippen molar-refractivity contribution in [1.29, 1.82) is 0 Å². The molecule has 0 N–H and O–H groups in total. The number of Topliss-reactive ketones (excluding diaryl/α,β-unsaturated/α-hetero) is 1. The lowest BCUT2D eigenvalue weighted by molar-refractivity contribution is -0.135. The molecule has 0 bridgehead atoms. The maximum atomic E-state index is 11.8. The van der Waals surface area contributed by atoms with Gasteiger partial charge in [0, 0.05) is 22.1 Å². The number of esters is 1. The third-order valence-corrected chi connectivity index (χ3v) is 3.11. The van der Waals surface area contributed by atoms with Crippen molar-refractivity contribution in [2.75, 3.05) is 6.61 Å². The highest BCUT2D eigenvalue weighted by Crippen LogP contribution is 2.10. The first-order valence-electron chi connectivity index (χ1n) is 6.59. The second-order valence-corrected chi connectivity index (χ2v) is 5.06. The van der Waals surface area contributed by atoms with E-state index in [1.807, 2.05) is 31.2 Å². The lowest BCUT2D eigenvalue weighted by Crippen LogP contribution is -2.12. The number of carbonyl (C=O) groups is 2. The topological polar surface area (TPSA) is 43.4 Å². The Balaban J connectivity index is 1.89. The quantitative estimate of drug-likeness (QED) is 0.495. The molecular formula is C18H13ClO3. The Morgan fingerprint density at radius 3 is 2.32 bits per heavy atom. The molecule has 0 aliphatic rings. The summed E-state index contributed by atoms with van der Waals surface area (Å²) >= 11 is 5.74. The number of ketones is 1. The fourth-order valence-corrected chi connectivity index (χ4v) is 1.77. The average Bonchev–Trinajstić information content (AvgIpc) is 2.52. The van der Waals surface area contributed by atoms with Crippen LogP contribution in [0.25, 0.3) is 0 Å². The third-order valence-electron chi connectivity index (χ3n) is 2.86. The molecule has 0 unspecified atom stereocenters. The molecule has 110 valence electrons. The number of carbonyl (C=O) groups excluding carboxylic acids is 2. The monoisotopic (exact) mass is 312 g/mol. The van der Waals surface area contributed by atoms with Gasteiger partial charge < -0.3 is 4.74 Å². The van der Waals surface area contributed by atoms with Gasteiger partial charge in [0.05, 0.1) is 0 Å². The van der Waals surface area contributed by atoms with Crippen molar-refractivity contribution >= 4 is 23.4 Å². The Morgan fingerprint density at radius 1 is 1.05 bits per heavy atom. The highest BCUT2D eigenvalue weighted by molar-refractivity contribution is 6.30. The van der Waals surface area contributed by atoms with E-state index >= 15 is 0 Å². The number of benzene rings is 2. The second kappa shape index (κ2) is 7.44. The molecule has 0 aliphatic heterocycles. The summed E-state index contributed by atoms with van der Waals surface area (Å²) in [6, 6.07) is 13.8. The van der Waals surface area contributed by atoms with Gasteiger partial charge in [-0.05, 0) is 43.3 Å². The summed E-state index contributed by atoms with van der Waals surface area (Å²) in [5.41, 5.74) is 2.26. The van der Waals surface area contributed by atoms with Gasteiger partial charge in [-0.3, -0.25) is 4.79 Å². The predicted octanol–water partition coefficient (Wildman–Crippen LogP) is 3.43. The van der Waals surface area contributed by atoms with Gasteiger partial charge in [-0.25, -0.2) is 4.79 Å². The van der Waals surface area contributed by atoms with Crippen LogP contribution in [0.2, 0.25) is 5.02 Å². The molecule has 0 spiro atoms. The zero-order valence-corrected chi connectivity index (χ0v) is 12.7. The lowest BCUT2D eigenvalue weighted by Gasteiger charge is -2.01. The summed E-state index contributed by atoms with van der Waals surface area (Å²) in [6.07, 6.45) is 0. The van der Waals surface area contributed by atoms with E-state index in [0.29, 0.717) is 16.1 Å². The zero-order chi connectivity index (χ0) is 15.9. The number of hydrogen-bond acceptors (Lipinski definition) is 3. The van der Waals surface area contributed by atoms with Gasteiger partial charge in [0.2, 0.25) is 0 Å². The first-order valence-corrected chi connectivity index (χ1v) is 6.96. The van der Waals surface area contributed by atoms with Crippen LogP contribution < -0.4 is 0 Å². The van der Waals surface area contributed by atoms with E-state index in [-0.39, 0.29) is 12.4 Å². The number of aryl methyl sites for hydroxylation is 1. The Morgan fingerprint density at radius 2 is 1.68 bits per heavy atom. The Labute approximate surface area is 133 Å². The molecule has 0 amide bonds. The number of halogens is 1. The first kappa shape index (κ1) is 15.8. The molecule has 2 rings (SSSR count). The second-order valence-electron chi connectivity index (χ2n) is 4.62. The standard InChI is InChI=1S/C18H13ClO3/c1-13-2-4-14(5-3-13)6-11-18(21)22-12-17(20)15-7-9-16(19)10-8-15/h2-5,7-10H,12H2,1H3. The number of rotatable bonds is 3. The van der Waals surface area contributed by atoms with Crippen LogP contribution in [0.4, 0.5) is 0 Å². The number of ether oxygens (including phenoxy) is 1. The van der Waals surface area contributed by atoms with Crippen molar-refractivity contribution in [2.24, 2.45) is 0 Å². The van der Waals surface area contributed by atoms with Gasteiger partial charge in [0.15, 0.2) is 12.4 Å². The van der Waals surface area contributed by atoms with Crippen LogP contribution in [0.1, 0.15) is 21.5 Å². The molecular weight excluding hydrogens is 300 g/mol. The summed E-state index contributed by atoms with van der Waals surface area (Å²) in [5.74, 6) is 4.00. The molecule has 2 aromatic carbocycles. The maximum Gasteiger partial charge on any atom is 0.385 e. The molecule has 0 saturated carbocycles. The summed E-state index contributed by atoms with van der Waals surface area (Å²) in [6.45, 7) is 1.62. The highest BCUT2D eigenvalue weighted by Gasteiger charge is 2.08. The average molecular weight is 313 g/mol. The van der Waals surface area contributed by atoms with Crippen LogP contribution >= 0.6 is 11.6 Å². The molecule has 0 aliphatic carbocycles. The summed E-state index contributed by atoms with van der Waals surface area (Å²) in [7, 11) is 0. The fraction of sp³-hybridized carbons (Fsp3) is 0.111. The minimum Gasteiger partial charge on any atom is -0.448 e. The van der Waals surface area contributed by atoms with E-state index in [4.69, 9.17) is 16.3 Å². The summed E-state index contributed by atoms with van der Waals surface area (Å²) in [4.78, 5) is 23.3. The van der Waals surface area contributed by atoms with Crippen LogP contribution in [0, 0.1) is 18.8 Å². The first-order chi connectivity index (χ1) is 10.5. The number of hydrogen-bond donors (Lipinski definition) is 0. The van der Waals surface area contributed by atoms with Gasteiger partial charge in [-0.1, -0.05) is 35.2 Å². The van der Waals surface area contributed by atoms with Crippen molar-refractivity contribution < 1.29 is 14.3 Å². The van der Waals surface area contributed by atoms with Crippen molar-refractivity contribution in [2.45, 2.75) is 6.92 Å². The van der Waals surface area contributed by atoms with Crippen LogP contribution in [0.3, 0.4) is 0 Å². The van der Waals surface area contributed by atoms with Crippen LogP contribution in [0.5, 0.6) is 0 Å². The van der Waals surface area contributed by atoms with E-state index in [9.17, 15) is 9.59 Å². The molecule has 0 aromatic heterocycles. The Hall–Kier alpha value is -2.57. The summed E-state index contributed by atoms with van der Waals surface area (Å²) < 4.78 is 4.84. The van der Waals surface area contributed by atoms with Crippen molar-refractivity contribution in [3.8, 4) is 11.8 Å². The van der Waals surface area contributed by atoms with Crippen molar-refractivity contribution in [3.63, 3.8) is 0 Å². The lowest BCUT2D eigenvalue weighted by atomic mass is 10.1. The van der Waals surface area contributed by atoms with Gasteiger partial charge in [0.25, 0.3) is 0 Å². The van der Waals surface area contributed by atoms with Crippen LogP contribution in [0.15, 0.2) is 48.5 Å². The SMILES string of the molecule is Cc1ccc(C#CC(=O)OCC(=O)c2ccc(Cl)cc2)cc1. The minimum absolute atomic E-state index is 0.304. The van der Waals surface area contributed by atoms with E-state index < -0.39 is 5.97 Å². The van der Waals surface area contributed by atoms with Gasteiger partial charge >= 0.3 is 5.97 Å². The molecule has 0 radical (unpaired) electrons. The highest BCUT2D eigenvalue weighted by atomic mass is 35.5. The van der Waals surface area contributed by atoms with Crippen molar-refractivity contribution in [1.82, 2.24) is 0 Å². The molecule has 22 heavy (non-hydrogen) atoms. The largest absolute Gasteiger partial charge is 0.448 e. The van der Waals surface area contributed by atoms with E-state index in [1.165, 1.54) is 0 Å². The van der Waals surface area contributed by atoms with E-state index in [1.54, 1.807) is 24.3 Å². The normalized spacial score (nSPS) is 9.55. The Kier molecular flexibility index (Phi) is 5.35. The van der Waals surface area contributed by atoms with E-state index in [0.717, 1.165) is 5.56 Å². The molecule has 0 saturated heterocycles. The third kappa shape index (κ3) is 4.76. The Bertz CT molecular complexity index is 735. The molecule has 0 fully saturated rings. The minimum atomic E-state index is -0.733. The zero-order valence-electron chi connectivity index (χ0n) is 11.9. The van der Waals surface area contributed by atoms with Gasteiger partial charge in [-0.15, -0.1) is 0 Å². The van der Waals surface area contributed by atoms with E-state index in [2.05, 4.69) is 11.8 Å². The maximum absolute atomic E-state index is 11.8. The van der Waals surface area contributed by atoms with Crippen LogP contribution in [-0.2, 0) is 9.53 Å². The van der Waals surface area contributed by atoms with Crippen molar-refractivity contribution in [3.05, 3.63) is 70.2 Å². The predicted molar refractivity (Wildman–Crippen MR) is 84.8 cm³/mol. The van der Waals surface area contributed by atoms with Crippen LogP contribution in [-0.4, -0.2) is 18.4 Å². The fourth-order valence-electron chi connectivity index (χ4n) is 1.65. The molecule has 3 nitrogen and oxygen atoms in total. The molecule has 0 heterocycles. The van der Waals surface area contributed by atoms with Gasteiger partial charge in [-0.2, -0.15) is 0 Å². The summed E-state index contributed by atoms with van der Waals surface area (Å²) in [5, 5.41) is 0.539.